The van der Waals surface area contributed by atoms with Crippen LogP contribution in [0.15, 0.2) is 0 Å². The zero-order valence-electron chi connectivity index (χ0n) is 8.76. The second kappa shape index (κ2) is 3.35. The van der Waals surface area contributed by atoms with Crippen LogP contribution in [0.4, 0.5) is 0 Å². The summed E-state index contributed by atoms with van der Waals surface area (Å²) in [5.74, 6) is 0. The molecule has 2 rings (SSSR count). The first-order valence-corrected chi connectivity index (χ1v) is 6.14. The lowest BCUT2D eigenvalue weighted by atomic mass is 10.0. The Bertz CT molecular complexity index is 186. The highest BCUT2D eigenvalue weighted by molar-refractivity contribution is 14.1. The number of likely N-dealkylation sites (tertiary alicyclic amines) is 1. The SMILES string of the molecule is CC(C)(C)N1CC2CCC(C1)N2I. The molecule has 2 bridgehead atoms. The van der Waals surface area contributed by atoms with Crippen molar-refractivity contribution in [3.63, 3.8) is 0 Å². The third-order valence-corrected chi connectivity index (χ3v) is 4.92. The van der Waals surface area contributed by atoms with E-state index in [1.807, 2.05) is 0 Å². The molecule has 0 radical (unpaired) electrons. The molecule has 0 aromatic carbocycles. The summed E-state index contributed by atoms with van der Waals surface area (Å²) in [5.41, 5.74) is 0.360. The molecule has 0 spiro atoms. The van der Waals surface area contributed by atoms with E-state index in [4.69, 9.17) is 0 Å². The Hall–Kier alpha value is 0.650. The molecule has 2 aliphatic rings. The normalized spacial score (nSPS) is 36.9. The Balaban J connectivity index is 2.07. The first kappa shape index (κ1) is 10.2. The van der Waals surface area contributed by atoms with Crippen molar-refractivity contribution in [2.45, 2.75) is 51.2 Å². The monoisotopic (exact) mass is 294 g/mol. The molecule has 2 atom stereocenters. The highest BCUT2D eigenvalue weighted by Gasteiger charge is 2.41. The summed E-state index contributed by atoms with van der Waals surface area (Å²) in [6.07, 6.45) is 2.81. The lowest BCUT2D eigenvalue weighted by molar-refractivity contribution is 0.0660. The van der Waals surface area contributed by atoms with Gasteiger partial charge in [0.15, 0.2) is 0 Å². The molecule has 2 unspecified atom stereocenters. The minimum atomic E-state index is 0.360. The Morgan fingerprint density at radius 3 is 1.92 bits per heavy atom. The van der Waals surface area contributed by atoms with Crippen LogP contribution in [0.25, 0.3) is 0 Å². The van der Waals surface area contributed by atoms with Gasteiger partial charge in [-0.1, -0.05) is 0 Å². The summed E-state index contributed by atoms with van der Waals surface area (Å²) >= 11 is 2.52. The van der Waals surface area contributed by atoms with E-state index in [0.717, 1.165) is 12.1 Å². The van der Waals surface area contributed by atoms with Gasteiger partial charge in [-0.05, 0) is 33.6 Å². The van der Waals surface area contributed by atoms with Crippen molar-refractivity contribution in [1.29, 1.82) is 0 Å². The van der Waals surface area contributed by atoms with Crippen LogP contribution in [0.5, 0.6) is 0 Å². The van der Waals surface area contributed by atoms with Gasteiger partial charge in [0, 0.05) is 53.6 Å². The molecule has 3 heteroatoms. The first-order valence-electron chi connectivity index (χ1n) is 5.17. The van der Waals surface area contributed by atoms with E-state index in [-0.39, 0.29) is 0 Å². The zero-order chi connectivity index (χ0) is 9.64. The van der Waals surface area contributed by atoms with Crippen molar-refractivity contribution in [3.8, 4) is 0 Å². The molecule has 2 fully saturated rings. The Morgan fingerprint density at radius 1 is 1.08 bits per heavy atom. The third kappa shape index (κ3) is 1.88. The number of rotatable bonds is 0. The van der Waals surface area contributed by atoms with Gasteiger partial charge in [0.25, 0.3) is 0 Å². The predicted molar refractivity (Wildman–Crippen MR) is 64.0 cm³/mol. The molecule has 0 aromatic rings. The van der Waals surface area contributed by atoms with Gasteiger partial charge in [-0.3, -0.25) is 4.90 Å². The Labute approximate surface area is 95.2 Å². The predicted octanol–water partition coefficient (Wildman–Crippen LogP) is 2.28. The summed E-state index contributed by atoms with van der Waals surface area (Å²) in [6, 6.07) is 1.64. The van der Waals surface area contributed by atoms with Gasteiger partial charge >= 0.3 is 0 Å². The molecule has 0 aromatic heterocycles. The molecule has 0 saturated carbocycles. The number of nitrogens with zero attached hydrogens (tertiary/aromatic N) is 2. The van der Waals surface area contributed by atoms with Gasteiger partial charge in [0.2, 0.25) is 0 Å². The molecule has 0 amide bonds. The molecular weight excluding hydrogens is 275 g/mol. The fraction of sp³-hybridized carbons (Fsp3) is 1.00. The maximum absolute atomic E-state index is 2.64. The standard InChI is InChI=1S/C10H19IN2/c1-10(2,3)12-6-8-4-5-9(7-12)13(8)11/h8-9H,4-7H2,1-3H3. The summed E-state index contributed by atoms with van der Waals surface area (Å²) < 4.78 is 2.56. The van der Waals surface area contributed by atoms with Crippen LogP contribution >= 0.6 is 22.9 Å². The van der Waals surface area contributed by atoms with Crippen molar-refractivity contribution in [2.75, 3.05) is 13.1 Å². The van der Waals surface area contributed by atoms with Crippen LogP contribution in [0.1, 0.15) is 33.6 Å². The quantitative estimate of drug-likeness (QED) is 0.499. The van der Waals surface area contributed by atoms with E-state index in [2.05, 4.69) is 51.6 Å². The highest BCUT2D eigenvalue weighted by Crippen LogP contribution is 2.35. The molecule has 0 N–H and O–H groups in total. The maximum atomic E-state index is 2.64. The number of halogens is 1. The molecule has 76 valence electrons. The van der Waals surface area contributed by atoms with E-state index < -0.39 is 0 Å². The van der Waals surface area contributed by atoms with Gasteiger partial charge in [-0.2, -0.15) is 0 Å². The summed E-state index contributed by atoms with van der Waals surface area (Å²) in [4.78, 5) is 2.64. The lowest BCUT2D eigenvalue weighted by Crippen LogP contribution is -2.55. The van der Waals surface area contributed by atoms with Gasteiger partial charge < -0.3 is 0 Å². The van der Waals surface area contributed by atoms with Crippen molar-refractivity contribution in [3.05, 3.63) is 0 Å². The van der Waals surface area contributed by atoms with Gasteiger partial charge in [0.05, 0.1) is 0 Å². The summed E-state index contributed by atoms with van der Waals surface area (Å²) in [7, 11) is 0. The van der Waals surface area contributed by atoms with Crippen LogP contribution in [-0.4, -0.2) is 38.7 Å². The van der Waals surface area contributed by atoms with Crippen molar-refractivity contribution >= 4 is 22.9 Å². The minimum absolute atomic E-state index is 0.360. The molecular formula is C10H19IN2. The van der Waals surface area contributed by atoms with E-state index in [9.17, 15) is 0 Å². The van der Waals surface area contributed by atoms with Crippen molar-refractivity contribution in [1.82, 2.24) is 8.01 Å². The lowest BCUT2D eigenvalue weighted by Gasteiger charge is -2.44. The number of hydrogen-bond donors (Lipinski definition) is 0. The Kier molecular flexibility index (Phi) is 2.62. The third-order valence-electron chi connectivity index (χ3n) is 3.34. The fourth-order valence-electron chi connectivity index (χ4n) is 2.40. The van der Waals surface area contributed by atoms with Crippen LogP contribution in [0.3, 0.4) is 0 Å². The molecule has 2 heterocycles. The molecule has 2 nitrogen and oxygen atoms in total. The van der Waals surface area contributed by atoms with Crippen LogP contribution in [0, 0.1) is 0 Å². The van der Waals surface area contributed by atoms with E-state index >= 15 is 0 Å². The zero-order valence-corrected chi connectivity index (χ0v) is 10.9. The van der Waals surface area contributed by atoms with Crippen LogP contribution in [-0.2, 0) is 0 Å². The van der Waals surface area contributed by atoms with Crippen LogP contribution in [0.2, 0.25) is 0 Å². The van der Waals surface area contributed by atoms with Gasteiger partial charge in [-0.25, -0.2) is 3.11 Å². The van der Waals surface area contributed by atoms with Gasteiger partial charge in [-0.15, -0.1) is 0 Å². The molecule has 2 aliphatic heterocycles. The minimum Gasteiger partial charge on any atom is -0.295 e. The van der Waals surface area contributed by atoms with Gasteiger partial charge in [0.1, 0.15) is 0 Å². The first-order chi connectivity index (χ1) is 5.98. The number of hydrogen-bond acceptors (Lipinski definition) is 2. The topological polar surface area (TPSA) is 6.48 Å². The van der Waals surface area contributed by atoms with Crippen molar-refractivity contribution < 1.29 is 0 Å². The average molecular weight is 294 g/mol. The smallest absolute Gasteiger partial charge is 0.0326 e. The summed E-state index contributed by atoms with van der Waals surface area (Å²) in [6.45, 7) is 9.52. The van der Waals surface area contributed by atoms with E-state index in [1.54, 1.807) is 0 Å². The fourth-order valence-corrected chi connectivity index (χ4v) is 3.31. The number of piperazine rings is 1. The van der Waals surface area contributed by atoms with Crippen LogP contribution < -0.4 is 0 Å². The molecule has 0 aliphatic carbocycles. The molecule has 13 heavy (non-hydrogen) atoms. The largest absolute Gasteiger partial charge is 0.295 e. The average Bonchev–Trinajstić information content (AvgIpc) is 2.29. The van der Waals surface area contributed by atoms with Crippen molar-refractivity contribution in [2.24, 2.45) is 0 Å². The summed E-state index contributed by atoms with van der Waals surface area (Å²) in [5, 5.41) is 0. The number of fused-ring (bicyclic) bond motifs is 2. The molecule has 2 saturated heterocycles. The Morgan fingerprint density at radius 2 is 1.54 bits per heavy atom. The highest BCUT2D eigenvalue weighted by atomic mass is 127. The maximum Gasteiger partial charge on any atom is 0.0326 e. The second-order valence-corrected chi connectivity index (χ2v) is 6.42. The second-order valence-electron chi connectivity index (χ2n) is 5.31. The van der Waals surface area contributed by atoms with E-state index in [0.29, 0.717) is 5.54 Å². The van der Waals surface area contributed by atoms with E-state index in [1.165, 1.54) is 25.9 Å².